The van der Waals surface area contributed by atoms with Crippen LogP contribution >= 0.6 is 23.1 Å². The van der Waals surface area contributed by atoms with Crippen LogP contribution in [0.25, 0.3) is 10.7 Å². The molecule has 0 atom stereocenters. The number of aromatic nitrogens is 3. The smallest absolute Gasteiger partial charge is 0.231 e. The van der Waals surface area contributed by atoms with Crippen LogP contribution in [0.1, 0.15) is 5.56 Å². The Bertz CT molecular complexity index is 866. The summed E-state index contributed by atoms with van der Waals surface area (Å²) in [5.41, 5.74) is 1.15. The summed E-state index contributed by atoms with van der Waals surface area (Å²) in [6, 6.07) is 14.1. The normalized spacial score (nSPS) is 10.4. The first-order valence-electron chi connectivity index (χ1n) is 7.62. The van der Waals surface area contributed by atoms with Crippen LogP contribution in [0, 0.1) is 12.3 Å². The summed E-state index contributed by atoms with van der Waals surface area (Å²) < 4.78 is 2.04. The Morgan fingerprint density at radius 2 is 2.08 bits per heavy atom. The van der Waals surface area contributed by atoms with Gasteiger partial charge in [0, 0.05) is 0 Å². The maximum atomic E-state index is 11.8. The molecule has 3 rings (SSSR count). The number of rotatable bonds is 7. The zero-order valence-electron chi connectivity index (χ0n) is 13.4. The fourth-order valence-electron chi connectivity index (χ4n) is 2.22. The van der Waals surface area contributed by atoms with Crippen molar-refractivity contribution in [3.63, 3.8) is 0 Å². The van der Waals surface area contributed by atoms with E-state index in [1.807, 2.05) is 40.3 Å². The molecule has 0 bridgehead atoms. The highest BCUT2D eigenvalue weighted by Gasteiger charge is 2.16. The van der Waals surface area contributed by atoms with Crippen molar-refractivity contribution in [3.05, 3.63) is 53.4 Å². The standard InChI is InChI=1S/C18H16N4OS2/c1-2-10-19-16(23)13-25-18-21-20-17(15-9-6-11-24-15)22(18)12-14-7-4-3-5-8-14/h1,3-9,11H,10,12-13H2,(H,19,23). The van der Waals surface area contributed by atoms with E-state index >= 15 is 0 Å². The second-order valence-corrected chi connectivity index (χ2v) is 7.01. The van der Waals surface area contributed by atoms with Gasteiger partial charge >= 0.3 is 0 Å². The summed E-state index contributed by atoms with van der Waals surface area (Å²) in [4.78, 5) is 12.8. The molecule has 0 spiro atoms. The molecule has 0 aliphatic rings. The van der Waals surface area contributed by atoms with Crippen LogP contribution in [0.15, 0.2) is 53.0 Å². The van der Waals surface area contributed by atoms with Gasteiger partial charge in [-0.1, -0.05) is 54.1 Å². The average Bonchev–Trinajstić information content (AvgIpc) is 3.29. The third-order valence-electron chi connectivity index (χ3n) is 3.36. The molecule has 7 heteroatoms. The lowest BCUT2D eigenvalue weighted by Crippen LogP contribution is -2.25. The molecule has 3 aromatic rings. The van der Waals surface area contributed by atoms with E-state index in [1.165, 1.54) is 11.8 Å². The number of carbonyl (C=O) groups excluding carboxylic acids is 1. The van der Waals surface area contributed by atoms with Crippen LogP contribution in [0.4, 0.5) is 0 Å². The Hall–Kier alpha value is -2.56. The SMILES string of the molecule is C#CCNC(=O)CSc1nnc(-c2cccs2)n1Cc1ccccc1. The van der Waals surface area contributed by atoms with Gasteiger partial charge in [0.15, 0.2) is 11.0 Å². The van der Waals surface area contributed by atoms with Gasteiger partial charge in [0.1, 0.15) is 0 Å². The summed E-state index contributed by atoms with van der Waals surface area (Å²) in [7, 11) is 0. The number of benzene rings is 1. The van der Waals surface area contributed by atoms with Gasteiger partial charge in [-0.2, -0.15) is 0 Å². The van der Waals surface area contributed by atoms with Crippen LogP contribution < -0.4 is 5.32 Å². The molecule has 5 nitrogen and oxygen atoms in total. The molecule has 1 N–H and O–H groups in total. The number of nitrogens with zero attached hydrogens (tertiary/aromatic N) is 3. The van der Waals surface area contributed by atoms with Gasteiger partial charge in [-0.15, -0.1) is 28.0 Å². The first-order valence-corrected chi connectivity index (χ1v) is 9.48. The zero-order chi connectivity index (χ0) is 17.5. The molecule has 0 aliphatic heterocycles. The van der Waals surface area contributed by atoms with Crippen LogP contribution in [-0.2, 0) is 11.3 Å². The summed E-state index contributed by atoms with van der Waals surface area (Å²) in [6.45, 7) is 0.881. The van der Waals surface area contributed by atoms with E-state index in [-0.39, 0.29) is 18.2 Å². The molecule has 126 valence electrons. The minimum atomic E-state index is -0.116. The van der Waals surface area contributed by atoms with Crippen LogP contribution in [0.5, 0.6) is 0 Å². The number of terminal acetylenes is 1. The molecular formula is C18H16N4OS2. The van der Waals surface area contributed by atoms with Crippen LogP contribution in [-0.4, -0.2) is 33.0 Å². The van der Waals surface area contributed by atoms with Gasteiger partial charge in [-0.3, -0.25) is 9.36 Å². The van der Waals surface area contributed by atoms with Crippen molar-refractivity contribution in [2.24, 2.45) is 0 Å². The number of hydrogen-bond donors (Lipinski definition) is 1. The van der Waals surface area contributed by atoms with Crippen molar-refractivity contribution < 1.29 is 4.79 Å². The van der Waals surface area contributed by atoms with E-state index in [9.17, 15) is 4.79 Å². The Morgan fingerprint density at radius 3 is 2.80 bits per heavy atom. The lowest BCUT2D eigenvalue weighted by Gasteiger charge is -2.09. The van der Waals surface area contributed by atoms with Crippen molar-refractivity contribution in [1.29, 1.82) is 0 Å². The van der Waals surface area contributed by atoms with Crippen LogP contribution in [0.2, 0.25) is 0 Å². The fraction of sp³-hybridized carbons (Fsp3) is 0.167. The van der Waals surface area contributed by atoms with E-state index < -0.39 is 0 Å². The predicted octanol–water partition coefficient (Wildman–Crippen LogP) is 2.90. The highest BCUT2D eigenvalue weighted by atomic mass is 32.2. The molecule has 0 saturated carbocycles. The van der Waals surface area contributed by atoms with Gasteiger partial charge in [-0.25, -0.2) is 0 Å². The largest absolute Gasteiger partial charge is 0.344 e. The summed E-state index contributed by atoms with van der Waals surface area (Å²) >= 11 is 2.97. The van der Waals surface area contributed by atoms with Crippen molar-refractivity contribution in [2.45, 2.75) is 11.7 Å². The zero-order valence-corrected chi connectivity index (χ0v) is 15.0. The Balaban J connectivity index is 1.82. The van der Waals surface area contributed by atoms with E-state index in [0.29, 0.717) is 11.7 Å². The maximum absolute atomic E-state index is 11.8. The molecule has 0 radical (unpaired) electrons. The number of hydrogen-bond acceptors (Lipinski definition) is 5. The summed E-state index contributed by atoms with van der Waals surface area (Å²) in [5, 5.41) is 14.0. The van der Waals surface area contributed by atoms with E-state index in [0.717, 1.165) is 16.3 Å². The van der Waals surface area contributed by atoms with E-state index in [1.54, 1.807) is 11.3 Å². The second kappa shape index (κ2) is 8.51. The number of nitrogens with one attached hydrogen (secondary N) is 1. The van der Waals surface area contributed by atoms with Gasteiger partial charge in [0.25, 0.3) is 0 Å². The highest BCUT2D eigenvalue weighted by molar-refractivity contribution is 7.99. The van der Waals surface area contributed by atoms with Crippen molar-refractivity contribution in [2.75, 3.05) is 12.3 Å². The number of amides is 1. The number of thiophene rings is 1. The number of thioether (sulfide) groups is 1. The monoisotopic (exact) mass is 368 g/mol. The minimum Gasteiger partial charge on any atom is -0.344 e. The number of carbonyl (C=O) groups is 1. The molecule has 0 aliphatic carbocycles. The fourth-order valence-corrected chi connectivity index (χ4v) is 3.71. The predicted molar refractivity (Wildman–Crippen MR) is 101 cm³/mol. The Labute approximate surface area is 154 Å². The topological polar surface area (TPSA) is 59.8 Å². The van der Waals surface area contributed by atoms with Gasteiger partial charge in [-0.05, 0) is 17.0 Å². The first kappa shape index (κ1) is 17.3. The quantitative estimate of drug-likeness (QED) is 0.515. The van der Waals surface area contributed by atoms with Crippen LogP contribution in [0.3, 0.4) is 0 Å². The lowest BCUT2D eigenvalue weighted by molar-refractivity contribution is -0.118. The summed E-state index contributed by atoms with van der Waals surface area (Å²) in [6.07, 6.45) is 5.15. The average molecular weight is 368 g/mol. The molecule has 2 heterocycles. The molecule has 1 aromatic carbocycles. The van der Waals surface area contributed by atoms with Gasteiger partial charge < -0.3 is 5.32 Å². The van der Waals surface area contributed by atoms with E-state index in [2.05, 4.69) is 33.6 Å². The van der Waals surface area contributed by atoms with E-state index in [4.69, 9.17) is 6.42 Å². The molecular weight excluding hydrogens is 352 g/mol. The Kier molecular flexibility index (Phi) is 5.88. The maximum Gasteiger partial charge on any atom is 0.231 e. The molecule has 2 aromatic heterocycles. The van der Waals surface area contributed by atoms with Gasteiger partial charge in [0.2, 0.25) is 5.91 Å². The Morgan fingerprint density at radius 1 is 1.24 bits per heavy atom. The lowest BCUT2D eigenvalue weighted by atomic mass is 10.2. The molecule has 0 unspecified atom stereocenters. The third kappa shape index (κ3) is 4.50. The highest BCUT2D eigenvalue weighted by Crippen LogP contribution is 2.28. The third-order valence-corrected chi connectivity index (χ3v) is 5.19. The molecule has 25 heavy (non-hydrogen) atoms. The van der Waals surface area contributed by atoms with Crippen molar-refractivity contribution in [1.82, 2.24) is 20.1 Å². The van der Waals surface area contributed by atoms with Gasteiger partial charge in [0.05, 0.1) is 23.7 Å². The second-order valence-electron chi connectivity index (χ2n) is 5.12. The molecule has 0 fully saturated rings. The summed E-state index contributed by atoms with van der Waals surface area (Å²) in [5.74, 6) is 3.33. The molecule has 0 saturated heterocycles. The van der Waals surface area contributed by atoms with Crippen molar-refractivity contribution >= 4 is 29.0 Å². The van der Waals surface area contributed by atoms with Crippen molar-refractivity contribution in [3.8, 4) is 23.0 Å². The minimum absolute atomic E-state index is 0.116. The molecule has 1 amide bonds. The first-order chi connectivity index (χ1) is 12.3.